The number of hydrogen-bond acceptors (Lipinski definition) is 5. The molecule has 21 heavy (non-hydrogen) atoms. The molecule has 2 aromatic heterocycles. The fraction of sp³-hybridized carbons (Fsp3) is 0.0714. The zero-order chi connectivity index (χ0) is 14.5. The molecule has 0 atom stereocenters. The maximum atomic E-state index is 5.79. The number of nitrogens with two attached hydrogens (primary N) is 1. The van der Waals surface area contributed by atoms with Crippen LogP contribution in [0.15, 0.2) is 58.5 Å². The summed E-state index contributed by atoms with van der Waals surface area (Å²) in [6, 6.07) is 11.5. The SMILES string of the molecule is N/C(=N/OCc1cnn(-c2ccccc2)n1)c1ccsc1. The first-order valence-corrected chi connectivity index (χ1v) is 7.22. The molecule has 3 aromatic rings. The Hall–Kier alpha value is -2.67. The van der Waals surface area contributed by atoms with Gasteiger partial charge in [-0.2, -0.15) is 21.2 Å². The lowest BCUT2D eigenvalue weighted by Crippen LogP contribution is -2.12. The van der Waals surface area contributed by atoms with Gasteiger partial charge in [0.05, 0.1) is 11.9 Å². The molecule has 0 bridgehead atoms. The largest absolute Gasteiger partial charge is 0.387 e. The molecule has 6 nitrogen and oxygen atoms in total. The van der Waals surface area contributed by atoms with E-state index < -0.39 is 0 Å². The van der Waals surface area contributed by atoms with Gasteiger partial charge in [-0.05, 0) is 23.6 Å². The lowest BCUT2D eigenvalue weighted by atomic mass is 10.3. The molecular formula is C14H13N5OS. The third kappa shape index (κ3) is 3.26. The van der Waals surface area contributed by atoms with Crippen molar-refractivity contribution in [2.75, 3.05) is 0 Å². The van der Waals surface area contributed by atoms with E-state index in [1.807, 2.05) is 47.2 Å². The number of amidine groups is 1. The number of aromatic nitrogens is 3. The highest BCUT2D eigenvalue weighted by Gasteiger charge is 2.03. The first kappa shape index (κ1) is 13.3. The molecule has 0 amide bonds. The highest BCUT2D eigenvalue weighted by atomic mass is 32.1. The number of hydrogen-bond donors (Lipinski definition) is 1. The monoisotopic (exact) mass is 299 g/mol. The van der Waals surface area contributed by atoms with Crippen molar-refractivity contribution in [1.82, 2.24) is 15.0 Å². The lowest BCUT2D eigenvalue weighted by Gasteiger charge is -1.99. The topological polar surface area (TPSA) is 78.3 Å². The predicted molar refractivity (Wildman–Crippen MR) is 81.2 cm³/mol. The molecule has 2 N–H and O–H groups in total. The van der Waals surface area contributed by atoms with Crippen LogP contribution < -0.4 is 5.73 Å². The number of benzene rings is 1. The van der Waals surface area contributed by atoms with Crippen LogP contribution in [0.1, 0.15) is 11.3 Å². The Morgan fingerprint density at radius 2 is 2.14 bits per heavy atom. The third-order valence-electron chi connectivity index (χ3n) is 2.72. The van der Waals surface area contributed by atoms with Crippen molar-refractivity contribution in [1.29, 1.82) is 0 Å². The van der Waals surface area contributed by atoms with Gasteiger partial charge < -0.3 is 10.6 Å². The van der Waals surface area contributed by atoms with Crippen LogP contribution in [-0.2, 0) is 11.4 Å². The van der Waals surface area contributed by atoms with E-state index in [2.05, 4.69) is 15.4 Å². The molecule has 0 fully saturated rings. The van der Waals surface area contributed by atoms with Gasteiger partial charge >= 0.3 is 0 Å². The first-order chi connectivity index (χ1) is 10.3. The Morgan fingerprint density at radius 1 is 1.29 bits per heavy atom. The Bertz CT molecular complexity index is 721. The molecule has 2 heterocycles. The molecule has 0 unspecified atom stereocenters. The van der Waals surface area contributed by atoms with Gasteiger partial charge in [0, 0.05) is 10.9 Å². The van der Waals surface area contributed by atoms with Gasteiger partial charge in [-0.3, -0.25) is 0 Å². The van der Waals surface area contributed by atoms with E-state index in [1.165, 1.54) is 0 Å². The molecule has 0 aliphatic heterocycles. The molecule has 0 aliphatic rings. The van der Waals surface area contributed by atoms with Crippen molar-refractivity contribution in [3.8, 4) is 5.69 Å². The van der Waals surface area contributed by atoms with Crippen molar-refractivity contribution in [3.63, 3.8) is 0 Å². The minimum absolute atomic E-state index is 0.220. The fourth-order valence-corrected chi connectivity index (χ4v) is 2.33. The Labute approximate surface area is 125 Å². The Kier molecular flexibility index (Phi) is 3.92. The van der Waals surface area contributed by atoms with Gasteiger partial charge in [0.15, 0.2) is 12.4 Å². The van der Waals surface area contributed by atoms with Crippen LogP contribution in [-0.4, -0.2) is 20.8 Å². The number of oxime groups is 1. The standard InChI is InChI=1S/C14H13N5OS/c15-14(11-6-7-21-10-11)18-20-9-12-8-16-19(17-12)13-4-2-1-3-5-13/h1-8,10H,9H2,(H2,15,18). The van der Waals surface area contributed by atoms with Crippen LogP contribution in [0.4, 0.5) is 0 Å². The second kappa shape index (κ2) is 6.19. The molecule has 106 valence electrons. The second-order valence-electron chi connectivity index (χ2n) is 4.22. The van der Waals surface area contributed by atoms with Gasteiger partial charge in [-0.1, -0.05) is 23.4 Å². The van der Waals surface area contributed by atoms with Gasteiger partial charge in [0.25, 0.3) is 0 Å². The summed E-state index contributed by atoms with van der Waals surface area (Å²) in [5.74, 6) is 0.353. The van der Waals surface area contributed by atoms with Gasteiger partial charge in [-0.15, -0.1) is 5.10 Å². The van der Waals surface area contributed by atoms with E-state index in [-0.39, 0.29) is 6.61 Å². The van der Waals surface area contributed by atoms with Gasteiger partial charge in [0.2, 0.25) is 0 Å². The van der Waals surface area contributed by atoms with Crippen LogP contribution in [0.3, 0.4) is 0 Å². The molecule has 0 saturated heterocycles. The highest BCUT2D eigenvalue weighted by molar-refractivity contribution is 7.08. The number of thiophene rings is 1. The Morgan fingerprint density at radius 3 is 2.90 bits per heavy atom. The van der Waals surface area contributed by atoms with E-state index in [4.69, 9.17) is 10.6 Å². The summed E-state index contributed by atoms with van der Waals surface area (Å²) in [5, 5.41) is 16.2. The molecule has 0 radical (unpaired) electrons. The van der Waals surface area contributed by atoms with Crippen LogP contribution in [0.2, 0.25) is 0 Å². The molecule has 3 rings (SSSR count). The number of para-hydroxylation sites is 1. The van der Waals surface area contributed by atoms with Crippen LogP contribution in [0.5, 0.6) is 0 Å². The van der Waals surface area contributed by atoms with Crippen molar-refractivity contribution in [2.45, 2.75) is 6.61 Å². The minimum Gasteiger partial charge on any atom is -0.387 e. The highest BCUT2D eigenvalue weighted by Crippen LogP contribution is 2.07. The molecular weight excluding hydrogens is 286 g/mol. The third-order valence-corrected chi connectivity index (χ3v) is 3.40. The Balaban J connectivity index is 1.62. The van der Waals surface area contributed by atoms with E-state index in [9.17, 15) is 0 Å². The maximum Gasteiger partial charge on any atom is 0.171 e. The summed E-state index contributed by atoms with van der Waals surface area (Å²) >= 11 is 1.56. The second-order valence-corrected chi connectivity index (χ2v) is 5.00. The molecule has 1 aromatic carbocycles. The van der Waals surface area contributed by atoms with Gasteiger partial charge in [0.1, 0.15) is 5.69 Å². The predicted octanol–water partition coefficient (Wildman–Crippen LogP) is 2.17. The van der Waals surface area contributed by atoms with Crippen LogP contribution in [0, 0.1) is 0 Å². The van der Waals surface area contributed by atoms with E-state index in [0.29, 0.717) is 11.5 Å². The van der Waals surface area contributed by atoms with Gasteiger partial charge in [-0.25, -0.2) is 0 Å². The van der Waals surface area contributed by atoms with E-state index in [0.717, 1.165) is 11.3 Å². The van der Waals surface area contributed by atoms with Crippen molar-refractivity contribution >= 4 is 17.2 Å². The summed E-state index contributed by atoms with van der Waals surface area (Å²) in [6.45, 7) is 0.220. The zero-order valence-electron chi connectivity index (χ0n) is 11.1. The summed E-state index contributed by atoms with van der Waals surface area (Å²) in [5.41, 5.74) is 8.22. The average Bonchev–Trinajstić information content (AvgIpc) is 3.20. The molecule has 7 heteroatoms. The average molecular weight is 299 g/mol. The number of rotatable bonds is 5. The molecule has 0 spiro atoms. The van der Waals surface area contributed by atoms with Crippen molar-refractivity contribution in [3.05, 3.63) is 64.6 Å². The van der Waals surface area contributed by atoms with Crippen LogP contribution in [0.25, 0.3) is 5.69 Å². The maximum absolute atomic E-state index is 5.79. The summed E-state index contributed by atoms with van der Waals surface area (Å²) in [4.78, 5) is 6.75. The van der Waals surface area contributed by atoms with E-state index >= 15 is 0 Å². The number of nitrogens with zero attached hydrogens (tertiary/aromatic N) is 4. The fourth-order valence-electron chi connectivity index (χ4n) is 1.68. The normalized spacial score (nSPS) is 11.5. The lowest BCUT2D eigenvalue weighted by molar-refractivity contribution is 0.127. The first-order valence-electron chi connectivity index (χ1n) is 6.27. The van der Waals surface area contributed by atoms with Crippen molar-refractivity contribution < 1.29 is 4.84 Å². The summed E-state index contributed by atoms with van der Waals surface area (Å²) < 4.78 is 0. The van der Waals surface area contributed by atoms with E-state index in [1.54, 1.807) is 22.3 Å². The minimum atomic E-state index is 0.220. The summed E-state index contributed by atoms with van der Waals surface area (Å²) in [7, 11) is 0. The van der Waals surface area contributed by atoms with Crippen molar-refractivity contribution in [2.24, 2.45) is 10.9 Å². The van der Waals surface area contributed by atoms with Crippen LogP contribution >= 0.6 is 11.3 Å². The molecule has 0 aliphatic carbocycles. The zero-order valence-corrected chi connectivity index (χ0v) is 11.9. The quantitative estimate of drug-likeness (QED) is 0.445. The smallest absolute Gasteiger partial charge is 0.171 e. The summed E-state index contributed by atoms with van der Waals surface area (Å²) in [6.07, 6.45) is 1.64. The molecule has 0 saturated carbocycles.